The van der Waals surface area contributed by atoms with Crippen LogP contribution in [-0.4, -0.2) is 17.1 Å². The van der Waals surface area contributed by atoms with Crippen molar-refractivity contribution in [2.75, 3.05) is 6.26 Å². The van der Waals surface area contributed by atoms with Gasteiger partial charge < -0.3 is 16.0 Å². The van der Waals surface area contributed by atoms with Gasteiger partial charge in [-0.15, -0.1) is 11.8 Å². The summed E-state index contributed by atoms with van der Waals surface area (Å²) in [6, 6.07) is 10.2. The number of aryl methyl sites for hydroxylation is 1. The third-order valence-electron chi connectivity index (χ3n) is 4.43. The SMILES string of the molecule is CSc1ccc(CNC2CCCc3[nH]c(=O)c(C(N)=O)cc32)cc1. The average molecular weight is 343 g/mol. The largest absolute Gasteiger partial charge is 0.365 e. The molecule has 1 heterocycles. The highest BCUT2D eigenvalue weighted by atomic mass is 32.2. The Hall–Kier alpha value is -2.05. The summed E-state index contributed by atoms with van der Waals surface area (Å²) in [6.45, 7) is 0.740. The smallest absolute Gasteiger partial charge is 0.261 e. The third kappa shape index (κ3) is 3.55. The second kappa shape index (κ2) is 7.23. The lowest BCUT2D eigenvalue weighted by molar-refractivity contribution is 0.0998. The van der Waals surface area contributed by atoms with E-state index in [4.69, 9.17) is 5.73 Å². The molecule has 1 unspecified atom stereocenters. The van der Waals surface area contributed by atoms with Crippen LogP contribution >= 0.6 is 11.8 Å². The lowest BCUT2D eigenvalue weighted by Gasteiger charge is -2.26. The maximum atomic E-state index is 11.9. The molecular weight excluding hydrogens is 322 g/mol. The minimum absolute atomic E-state index is 0.0340. The Bertz CT molecular complexity index is 799. The molecule has 1 aliphatic carbocycles. The van der Waals surface area contributed by atoms with Crippen LogP contribution in [0.15, 0.2) is 40.0 Å². The first-order valence-corrected chi connectivity index (χ1v) is 9.23. The average Bonchev–Trinajstić information content (AvgIpc) is 2.59. The van der Waals surface area contributed by atoms with E-state index in [2.05, 4.69) is 40.8 Å². The van der Waals surface area contributed by atoms with Crippen molar-refractivity contribution in [3.8, 4) is 0 Å². The molecule has 0 bridgehead atoms. The number of H-pyrrole nitrogens is 1. The highest BCUT2D eigenvalue weighted by Gasteiger charge is 2.23. The van der Waals surface area contributed by atoms with E-state index in [-0.39, 0.29) is 11.6 Å². The molecule has 1 atom stereocenters. The number of carbonyl (C=O) groups excluding carboxylic acids is 1. The number of nitrogens with two attached hydrogens (primary N) is 1. The van der Waals surface area contributed by atoms with E-state index in [1.807, 2.05) is 0 Å². The van der Waals surface area contributed by atoms with Crippen molar-refractivity contribution >= 4 is 17.7 Å². The van der Waals surface area contributed by atoms with E-state index in [0.29, 0.717) is 0 Å². The van der Waals surface area contributed by atoms with Crippen molar-refractivity contribution in [2.45, 2.75) is 36.7 Å². The lowest BCUT2D eigenvalue weighted by atomic mass is 9.90. The lowest BCUT2D eigenvalue weighted by Crippen LogP contribution is -2.31. The van der Waals surface area contributed by atoms with Gasteiger partial charge in [0.05, 0.1) is 0 Å². The van der Waals surface area contributed by atoms with E-state index in [1.165, 1.54) is 10.5 Å². The molecule has 1 aliphatic rings. The molecule has 6 heteroatoms. The molecule has 0 spiro atoms. The Labute approximate surface area is 145 Å². The number of nitrogens with one attached hydrogen (secondary N) is 2. The maximum Gasteiger partial charge on any atom is 0.261 e. The fourth-order valence-electron chi connectivity index (χ4n) is 3.12. The van der Waals surface area contributed by atoms with Gasteiger partial charge in [0.15, 0.2) is 0 Å². The molecule has 1 amide bonds. The molecule has 1 aromatic carbocycles. The zero-order valence-corrected chi connectivity index (χ0v) is 14.4. The molecule has 0 aliphatic heterocycles. The minimum Gasteiger partial charge on any atom is -0.365 e. The van der Waals surface area contributed by atoms with Gasteiger partial charge in [-0.1, -0.05) is 12.1 Å². The monoisotopic (exact) mass is 343 g/mol. The van der Waals surface area contributed by atoms with Crippen LogP contribution in [0.25, 0.3) is 0 Å². The normalized spacial score (nSPS) is 16.6. The third-order valence-corrected chi connectivity index (χ3v) is 5.17. The number of pyridine rings is 1. The van der Waals surface area contributed by atoms with Crippen LogP contribution in [-0.2, 0) is 13.0 Å². The number of carbonyl (C=O) groups is 1. The zero-order valence-electron chi connectivity index (χ0n) is 13.6. The molecule has 4 N–H and O–H groups in total. The summed E-state index contributed by atoms with van der Waals surface area (Å²) in [5, 5.41) is 3.54. The van der Waals surface area contributed by atoms with Crippen molar-refractivity contribution < 1.29 is 4.79 Å². The van der Waals surface area contributed by atoms with E-state index in [0.717, 1.165) is 37.1 Å². The first kappa shape index (κ1) is 16.8. The quantitative estimate of drug-likeness (QED) is 0.727. The first-order chi connectivity index (χ1) is 11.6. The number of hydrogen-bond donors (Lipinski definition) is 3. The van der Waals surface area contributed by atoms with Gasteiger partial charge in [0.2, 0.25) is 0 Å². The van der Waals surface area contributed by atoms with Crippen molar-refractivity contribution in [1.82, 2.24) is 10.3 Å². The number of hydrogen-bond acceptors (Lipinski definition) is 4. The van der Waals surface area contributed by atoms with Crippen LogP contribution in [0, 0.1) is 0 Å². The predicted octanol–water partition coefficient (Wildman–Crippen LogP) is 2.36. The minimum atomic E-state index is -0.684. The molecule has 0 radical (unpaired) electrons. The van der Waals surface area contributed by atoms with Gasteiger partial charge in [-0.05, 0) is 54.8 Å². The molecule has 0 saturated heterocycles. The summed E-state index contributed by atoms with van der Waals surface area (Å²) in [6.07, 6.45) is 4.86. The van der Waals surface area contributed by atoms with Gasteiger partial charge in [0.1, 0.15) is 5.56 Å². The number of fused-ring (bicyclic) bond motifs is 1. The summed E-state index contributed by atoms with van der Waals surface area (Å²) in [4.78, 5) is 27.4. The molecule has 0 saturated carbocycles. The molecule has 1 aromatic heterocycles. The maximum absolute atomic E-state index is 11.9. The number of aromatic nitrogens is 1. The predicted molar refractivity (Wildman–Crippen MR) is 96.3 cm³/mol. The van der Waals surface area contributed by atoms with Crippen LogP contribution in [0.5, 0.6) is 0 Å². The van der Waals surface area contributed by atoms with Crippen molar-refractivity contribution in [3.63, 3.8) is 0 Å². The van der Waals surface area contributed by atoms with Gasteiger partial charge in [-0.3, -0.25) is 9.59 Å². The zero-order chi connectivity index (χ0) is 17.1. The van der Waals surface area contributed by atoms with Gasteiger partial charge in [0.25, 0.3) is 11.5 Å². The van der Waals surface area contributed by atoms with Crippen molar-refractivity contribution in [1.29, 1.82) is 0 Å². The van der Waals surface area contributed by atoms with E-state index < -0.39 is 11.5 Å². The summed E-state index contributed by atoms with van der Waals surface area (Å²) < 4.78 is 0. The number of benzene rings is 1. The molecule has 5 nitrogen and oxygen atoms in total. The van der Waals surface area contributed by atoms with Crippen LogP contribution in [0.4, 0.5) is 0 Å². The van der Waals surface area contributed by atoms with Crippen LogP contribution in [0.2, 0.25) is 0 Å². The molecule has 0 fully saturated rings. The van der Waals surface area contributed by atoms with E-state index in [9.17, 15) is 9.59 Å². The summed E-state index contributed by atoms with van der Waals surface area (Å²) in [5.41, 5.74) is 8.04. The van der Waals surface area contributed by atoms with Crippen LogP contribution in [0.1, 0.15) is 46.1 Å². The number of aromatic amines is 1. The van der Waals surface area contributed by atoms with Crippen molar-refractivity contribution in [2.24, 2.45) is 5.73 Å². The molecular formula is C18H21N3O2S. The van der Waals surface area contributed by atoms with E-state index >= 15 is 0 Å². The van der Waals surface area contributed by atoms with Gasteiger partial charge in [0, 0.05) is 23.2 Å². The fraction of sp³-hybridized carbons (Fsp3) is 0.333. The van der Waals surface area contributed by atoms with E-state index in [1.54, 1.807) is 17.8 Å². The number of rotatable bonds is 5. The topological polar surface area (TPSA) is 88.0 Å². The van der Waals surface area contributed by atoms with Crippen LogP contribution < -0.4 is 16.6 Å². The molecule has 2 aromatic rings. The highest BCUT2D eigenvalue weighted by Crippen LogP contribution is 2.28. The number of primary amides is 1. The second-order valence-electron chi connectivity index (χ2n) is 5.98. The second-order valence-corrected chi connectivity index (χ2v) is 6.86. The molecule has 24 heavy (non-hydrogen) atoms. The Kier molecular flexibility index (Phi) is 5.06. The number of amides is 1. The first-order valence-electron chi connectivity index (χ1n) is 8.00. The Morgan fingerprint density at radius 1 is 1.38 bits per heavy atom. The summed E-state index contributed by atoms with van der Waals surface area (Å²) >= 11 is 1.72. The Balaban J connectivity index is 1.79. The summed E-state index contributed by atoms with van der Waals surface area (Å²) in [7, 11) is 0. The standard InChI is InChI=1S/C18H21N3O2S/c1-24-12-7-5-11(6-8-12)10-20-15-3-2-4-16-13(15)9-14(17(19)22)18(23)21-16/h5-9,15,20H,2-4,10H2,1H3,(H2,19,22)(H,21,23). The number of thioether (sulfide) groups is 1. The van der Waals surface area contributed by atoms with Gasteiger partial charge in [-0.2, -0.15) is 0 Å². The fourth-order valence-corrected chi connectivity index (χ4v) is 3.53. The van der Waals surface area contributed by atoms with Crippen LogP contribution in [0.3, 0.4) is 0 Å². The Morgan fingerprint density at radius 2 is 2.12 bits per heavy atom. The van der Waals surface area contributed by atoms with Crippen molar-refractivity contribution in [3.05, 3.63) is 63.1 Å². The molecule has 3 rings (SSSR count). The molecule has 126 valence electrons. The Morgan fingerprint density at radius 3 is 2.79 bits per heavy atom. The van der Waals surface area contributed by atoms with Gasteiger partial charge >= 0.3 is 0 Å². The summed E-state index contributed by atoms with van der Waals surface area (Å²) in [5.74, 6) is -0.684. The highest BCUT2D eigenvalue weighted by molar-refractivity contribution is 7.98. The van der Waals surface area contributed by atoms with Gasteiger partial charge in [-0.25, -0.2) is 0 Å².